The molecule has 0 radical (unpaired) electrons. The number of ether oxygens (including phenoxy) is 1. The van der Waals surface area contributed by atoms with E-state index in [0.29, 0.717) is 0 Å². The maximum Gasteiger partial charge on any atom is 0.534 e. The molecule has 148 valence electrons. The number of nitrogens with zero attached hydrogens (tertiary/aromatic N) is 2. The number of fused-ring (bicyclic) bond motifs is 4. The van der Waals surface area contributed by atoms with E-state index >= 15 is 0 Å². The Bertz CT molecular complexity index is 902. The van der Waals surface area contributed by atoms with Crippen LogP contribution in [-0.2, 0) is 19.6 Å². The Labute approximate surface area is 150 Å². The van der Waals surface area contributed by atoms with Crippen molar-refractivity contribution in [2.45, 2.75) is 24.5 Å². The van der Waals surface area contributed by atoms with Crippen molar-refractivity contribution in [1.29, 1.82) is 0 Å². The third kappa shape index (κ3) is 2.96. The second kappa shape index (κ2) is 6.27. The first-order valence-electron chi connectivity index (χ1n) is 7.58. The molecule has 2 amide bonds. The van der Waals surface area contributed by atoms with Crippen LogP contribution in [-0.4, -0.2) is 54.2 Å². The van der Waals surface area contributed by atoms with Crippen molar-refractivity contribution in [3.05, 3.63) is 29.3 Å². The van der Waals surface area contributed by atoms with E-state index < -0.39 is 45.5 Å². The summed E-state index contributed by atoms with van der Waals surface area (Å²) in [4.78, 5) is 25.5. The molecule has 2 atom stereocenters. The molecule has 2 unspecified atom stereocenters. The lowest BCUT2D eigenvalue weighted by atomic mass is 9.90. The molecule has 2 heterocycles. The Morgan fingerprint density at radius 3 is 2.63 bits per heavy atom. The van der Waals surface area contributed by atoms with E-state index in [1.54, 1.807) is 0 Å². The molecular formula is C14H13F3N2O7S. The molecule has 1 N–H and O–H groups in total. The molecule has 2 aliphatic rings. The van der Waals surface area contributed by atoms with Gasteiger partial charge in [-0.25, -0.2) is 9.59 Å². The second-order valence-corrected chi connectivity index (χ2v) is 7.23. The summed E-state index contributed by atoms with van der Waals surface area (Å²) in [5, 5.41) is 10.2. The summed E-state index contributed by atoms with van der Waals surface area (Å²) in [5.74, 6) is -1.62. The van der Waals surface area contributed by atoms with E-state index in [1.807, 2.05) is 0 Å². The standard InChI is InChI=1S/C14H13F3N2O7S/c1-2-25-12(20)11-7-4-3-5-9(26-27(23,24)14(15,16)17)10(7)8-6-18(11)13(21)19(8)22/h3-5,8,11,22H,2,6H2,1H3. The van der Waals surface area contributed by atoms with Crippen LogP contribution >= 0.6 is 0 Å². The average Bonchev–Trinajstić information content (AvgIpc) is 2.80. The maximum absolute atomic E-state index is 12.7. The highest BCUT2D eigenvalue weighted by molar-refractivity contribution is 7.88. The Morgan fingerprint density at radius 2 is 2.04 bits per heavy atom. The molecule has 1 fully saturated rings. The van der Waals surface area contributed by atoms with Crippen LogP contribution in [0.5, 0.6) is 5.75 Å². The van der Waals surface area contributed by atoms with Crippen molar-refractivity contribution < 1.29 is 45.3 Å². The predicted octanol–water partition coefficient (Wildman–Crippen LogP) is 1.70. The molecule has 1 aromatic carbocycles. The van der Waals surface area contributed by atoms with Crippen LogP contribution in [0.4, 0.5) is 18.0 Å². The average molecular weight is 410 g/mol. The van der Waals surface area contributed by atoms with Gasteiger partial charge >= 0.3 is 27.6 Å². The first-order chi connectivity index (χ1) is 12.5. The van der Waals surface area contributed by atoms with Gasteiger partial charge in [0.15, 0.2) is 6.04 Å². The van der Waals surface area contributed by atoms with E-state index in [4.69, 9.17) is 4.74 Å². The highest BCUT2D eigenvalue weighted by Crippen LogP contribution is 2.47. The summed E-state index contributed by atoms with van der Waals surface area (Å²) < 4.78 is 69.9. The van der Waals surface area contributed by atoms with Crippen molar-refractivity contribution in [1.82, 2.24) is 9.96 Å². The lowest BCUT2D eigenvalue weighted by Gasteiger charge is -2.31. The molecule has 0 saturated carbocycles. The normalized spacial score (nSPS) is 21.9. The van der Waals surface area contributed by atoms with Crippen LogP contribution in [0.15, 0.2) is 18.2 Å². The highest BCUT2D eigenvalue weighted by atomic mass is 32.2. The summed E-state index contributed by atoms with van der Waals surface area (Å²) in [6.45, 7) is 1.22. The summed E-state index contributed by atoms with van der Waals surface area (Å²) in [6, 6.07) is -0.119. The fourth-order valence-corrected chi connectivity index (χ4v) is 3.55. The van der Waals surface area contributed by atoms with Crippen LogP contribution in [0.3, 0.4) is 0 Å². The van der Waals surface area contributed by atoms with E-state index in [0.717, 1.165) is 11.0 Å². The zero-order valence-electron chi connectivity index (χ0n) is 13.6. The van der Waals surface area contributed by atoms with Gasteiger partial charge in [0.25, 0.3) is 0 Å². The number of carbonyl (C=O) groups is 2. The second-order valence-electron chi connectivity index (χ2n) is 5.69. The quantitative estimate of drug-likeness (QED) is 0.348. The van der Waals surface area contributed by atoms with Gasteiger partial charge in [0.2, 0.25) is 0 Å². The van der Waals surface area contributed by atoms with Crippen molar-refractivity contribution in [2.24, 2.45) is 0 Å². The lowest BCUT2D eigenvalue weighted by Crippen LogP contribution is -2.39. The molecule has 1 aromatic rings. The first-order valence-corrected chi connectivity index (χ1v) is 8.99. The molecule has 1 saturated heterocycles. The molecule has 0 spiro atoms. The zero-order chi connectivity index (χ0) is 20.1. The van der Waals surface area contributed by atoms with Crippen LogP contribution < -0.4 is 4.18 Å². The smallest absolute Gasteiger partial charge is 0.464 e. The number of halogens is 3. The number of hydrogen-bond donors (Lipinski definition) is 1. The number of amides is 2. The molecule has 0 aromatic heterocycles. The Balaban J connectivity index is 2.15. The van der Waals surface area contributed by atoms with Gasteiger partial charge in [0, 0.05) is 5.56 Å². The van der Waals surface area contributed by atoms with Gasteiger partial charge in [-0.3, -0.25) is 5.21 Å². The Kier molecular flexibility index (Phi) is 4.46. The van der Waals surface area contributed by atoms with E-state index in [9.17, 15) is 36.4 Å². The Morgan fingerprint density at radius 1 is 1.37 bits per heavy atom. The maximum atomic E-state index is 12.7. The molecule has 0 aliphatic carbocycles. The van der Waals surface area contributed by atoms with Crippen molar-refractivity contribution >= 4 is 22.1 Å². The highest BCUT2D eigenvalue weighted by Gasteiger charge is 2.53. The fourth-order valence-electron chi connectivity index (χ4n) is 3.07. The number of benzene rings is 1. The van der Waals surface area contributed by atoms with Gasteiger partial charge in [0.1, 0.15) is 11.8 Å². The molecule has 9 nitrogen and oxygen atoms in total. The SMILES string of the molecule is CCOC(=O)C1c2cccc(OS(=O)(=O)C(F)(F)F)c2C2CN1C(=O)N2O. The van der Waals surface area contributed by atoms with Crippen molar-refractivity contribution in [3.63, 3.8) is 0 Å². The van der Waals surface area contributed by atoms with Crippen LogP contribution in [0.2, 0.25) is 0 Å². The van der Waals surface area contributed by atoms with Gasteiger partial charge in [-0.05, 0) is 18.6 Å². The number of alkyl halides is 3. The zero-order valence-corrected chi connectivity index (χ0v) is 14.5. The minimum Gasteiger partial charge on any atom is -0.464 e. The monoisotopic (exact) mass is 410 g/mol. The van der Waals surface area contributed by atoms with Crippen molar-refractivity contribution in [2.75, 3.05) is 13.2 Å². The third-order valence-corrected chi connectivity index (χ3v) is 5.10. The summed E-state index contributed by atoms with van der Waals surface area (Å²) in [5.41, 5.74) is -5.89. The molecule has 3 rings (SSSR count). The summed E-state index contributed by atoms with van der Waals surface area (Å²) in [6.07, 6.45) is 0. The van der Waals surface area contributed by atoms with Gasteiger partial charge in [-0.1, -0.05) is 12.1 Å². The minimum atomic E-state index is -6.00. The molecule has 2 bridgehead atoms. The van der Waals surface area contributed by atoms with Gasteiger partial charge in [0.05, 0.1) is 13.2 Å². The van der Waals surface area contributed by atoms with E-state index in [-0.39, 0.29) is 29.3 Å². The van der Waals surface area contributed by atoms with Gasteiger partial charge < -0.3 is 13.8 Å². The fraction of sp³-hybridized carbons (Fsp3) is 0.429. The third-order valence-electron chi connectivity index (χ3n) is 4.14. The number of carbonyl (C=O) groups excluding carboxylic acids is 2. The number of hydrogen-bond acceptors (Lipinski definition) is 7. The van der Waals surface area contributed by atoms with Crippen molar-refractivity contribution in [3.8, 4) is 5.75 Å². The number of esters is 1. The van der Waals surface area contributed by atoms with E-state index in [2.05, 4.69) is 4.18 Å². The molecule has 13 heteroatoms. The van der Waals surface area contributed by atoms with Crippen LogP contribution in [0.1, 0.15) is 30.1 Å². The number of hydroxylamine groups is 2. The lowest BCUT2D eigenvalue weighted by molar-refractivity contribution is -0.148. The Hall–Kier alpha value is -2.54. The molecule has 2 aliphatic heterocycles. The van der Waals surface area contributed by atoms with Crippen LogP contribution in [0.25, 0.3) is 0 Å². The minimum absolute atomic E-state index is 0.00414. The number of rotatable bonds is 4. The van der Waals surface area contributed by atoms with E-state index in [1.165, 1.54) is 19.1 Å². The summed E-state index contributed by atoms with van der Waals surface area (Å²) in [7, 11) is -6.00. The largest absolute Gasteiger partial charge is 0.534 e. The molecule has 27 heavy (non-hydrogen) atoms. The molecular weight excluding hydrogens is 397 g/mol. The van der Waals surface area contributed by atoms with Gasteiger partial charge in [-0.2, -0.15) is 26.7 Å². The van der Waals surface area contributed by atoms with Gasteiger partial charge in [-0.15, -0.1) is 0 Å². The summed E-state index contributed by atoms with van der Waals surface area (Å²) >= 11 is 0. The number of urea groups is 1. The topological polar surface area (TPSA) is 113 Å². The predicted molar refractivity (Wildman–Crippen MR) is 79.9 cm³/mol. The first kappa shape index (κ1) is 19.2. The van der Waals surface area contributed by atoms with Crippen LogP contribution in [0, 0.1) is 0 Å².